The van der Waals surface area contributed by atoms with Gasteiger partial charge in [-0.3, -0.25) is 4.79 Å². The van der Waals surface area contributed by atoms with Crippen molar-refractivity contribution >= 4 is 5.97 Å². The molecule has 0 bridgehead atoms. The van der Waals surface area contributed by atoms with Gasteiger partial charge in [0.05, 0.1) is 6.42 Å². The first-order valence-electron chi connectivity index (χ1n) is 9.74. The smallest absolute Gasteiger partial charge is 0.306 e. The van der Waals surface area contributed by atoms with E-state index >= 15 is 0 Å². The minimum absolute atomic E-state index is 0.0792. The number of allylic oxidation sites excluding steroid dienone is 4. The number of unbranched alkanes of at least 4 members (excludes halogenated alkanes) is 6. The van der Waals surface area contributed by atoms with E-state index in [9.17, 15) is 9.18 Å². The zero-order valence-corrected chi connectivity index (χ0v) is 15.6. The lowest BCUT2D eigenvalue weighted by molar-refractivity contribution is -0.138. The second kappa shape index (κ2) is 13.8. The third-order valence-electron chi connectivity index (χ3n) is 4.43. The number of hydrogen-bond acceptors (Lipinski definition) is 2. The fourth-order valence-electron chi connectivity index (χ4n) is 2.95. The molecule has 1 aliphatic rings. The molecule has 0 amide bonds. The standard InChI is InChI=1S/C21H34FNO2/c1-2-3-4-5-6-7-8-10-18-11-9-12-19(14-13-18)16-23-17-20(22)15-21(24)25/h11-14,20,23H,2-10,15-17H2,1H3,(H,24,25). The summed E-state index contributed by atoms with van der Waals surface area (Å²) in [6.45, 7) is 2.90. The number of carboxylic acids is 1. The molecule has 0 heterocycles. The lowest BCUT2D eigenvalue weighted by Gasteiger charge is -2.08. The molecule has 142 valence electrons. The summed E-state index contributed by atoms with van der Waals surface area (Å²) in [5.74, 6) is -1.10. The Morgan fingerprint density at radius 2 is 1.76 bits per heavy atom. The number of aliphatic carboxylic acids is 1. The van der Waals surface area contributed by atoms with Gasteiger partial charge in [0.15, 0.2) is 0 Å². The van der Waals surface area contributed by atoms with Crippen molar-refractivity contribution in [2.24, 2.45) is 0 Å². The molecule has 0 saturated carbocycles. The Morgan fingerprint density at radius 3 is 2.48 bits per heavy atom. The molecule has 1 atom stereocenters. The number of carbonyl (C=O) groups is 1. The van der Waals surface area contributed by atoms with Gasteiger partial charge in [0.1, 0.15) is 6.17 Å². The van der Waals surface area contributed by atoms with Gasteiger partial charge in [-0.05, 0) is 24.8 Å². The summed E-state index contributed by atoms with van der Waals surface area (Å²) in [6, 6.07) is 0. The van der Waals surface area contributed by atoms with Crippen molar-refractivity contribution in [3.63, 3.8) is 0 Å². The fraction of sp³-hybridized carbons (Fsp3) is 0.667. The van der Waals surface area contributed by atoms with Gasteiger partial charge < -0.3 is 10.4 Å². The molecule has 0 aliphatic heterocycles. The highest BCUT2D eigenvalue weighted by Gasteiger charge is 2.10. The van der Waals surface area contributed by atoms with Crippen molar-refractivity contribution in [1.29, 1.82) is 0 Å². The number of rotatable bonds is 14. The zero-order valence-electron chi connectivity index (χ0n) is 15.6. The number of nitrogens with one attached hydrogen (secondary N) is 1. The van der Waals surface area contributed by atoms with Crippen LogP contribution in [0.4, 0.5) is 4.39 Å². The molecule has 0 aromatic carbocycles. The normalized spacial score (nSPS) is 15.4. The molecule has 25 heavy (non-hydrogen) atoms. The molecule has 0 aromatic heterocycles. The van der Waals surface area contributed by atoms with Gasteiger partial charge >= 0.3 is 5.97 Å². The van der Waals surface area contributed by atoms with Gasteiger partial charge in [-0.15, -0.1) is 0 Å². The summed E-state index contributed by atoms with van der Waals surface area (Å²) in [6.07, 6.45) is 18.2. The van der Waals surface area contributed by atoms with Crippen molar-refractivity contribution in [3.05, 3.63) is 35.5 Å². The van der Waals surface area contributed by atoms with Gasteiger partial charge in [-0.1, -0.05) is 75.3 Å². The summed E-state index contributed by atoms with van der Waals surface area (Å²) in [7, 11) is 0. The highest BCUT2D eigenvalue weighted by molar-refractivity contribution is 5.67. The third kappa shape index (κ3) is 11.7. The van der Waals surface area contributed by atoms with Crippen LogP contribution in [-0.2, 0) is 4.79 Å². The summed E-state index contributed by atoms with van der Waals surface area (Å²) in [5, 5.41) is 11.5. The van der Waals surface area contributed by atoms with E-state index in [0.717, 1.165) is 18.4 Å². The maximum absolute atomic E-state index is 13.3. The van der Waals surface area contributed by atoms with Crippen molar-refractivity contribution in [1.82, 2.24) is 5.32 Å². The molecule has 1 aliphatic carbocycles. The lowest BCUT2D eigenvalue weighted by Crippen LogP contribution is -2.27. The van der Waals surface area contributed by atoms with E-state index in [4.69, 9.17) is 5.11 Å². The van der Waals surface area contributed by atoms with Crippen LogP contribution in [0, 0.1) is 0 Å². The minimum atomic E-state index is -1.33. The second-order valence-corrected chi connectivity index (χ2v) is 6.82. The van der Waals surface area contributed by atoms with Crippen molar-refractivity contribution in [2.45, 2.75) is 77.3 Å². The predicted octanol–water partition coefficient (Wildman–Crippen LogP) is 5.34. The maximum Gasteiger partial charge on any atom is 0.306 e. The summed E-state index contributed by atoms with van der Waals surface area (Å²) < 4.78 is 13.3. The predicted molar refractivity (Wildman–Crippen MR) is 103 cm³/mol. The van der Waals surface area contributed by atoms with Crippen LogP contribution in [0.2, 0.25) is 0 Å². The Labute approximate surface area is 152 Å². The van der Waals surface area contributed by atoms with Crippen molar-refractivity contribution < 1.29 is 14.3 Å². The monoisotopic (exact) mass is 351 g/mol. The third-order valence-corrected chi connectivity index (χ3v) is 4.43. The lowest BCUT2D eigenvalue weighted by atomic mass is 10.0. The molecule has 0 spiro atoms. The van der Waals surface area contributed by atoms with Crippen molar-refractivity contribution in [3.8, 4) is 0 Å². The SMILES string of the molecule is CCCCCCCCCC1=CCC=C(CNCC(F)CC(=O)O)C=C1. The van der Waals surface area contributed by atoms with Crippen LogP contribution in [0.15, 0.2) is 35.5 Å². The molecule has 1 unspecified atom stereocenters. The minimum Gasteiger partial charge on any atom is -0.481 e. The summed E-state index contributed by atoms with van der Waals surface area (Å²) in [4.78, 5) is 10.4. The Kier molecular flexibility index (Phi) is 12.0. The Balaban J connectivity index is 2.15. The van der Waals surface area contributed by atoms with Crippen LogP contribution in [0.5, 0.6) is 0 Å². The fourth-order valence-corrected chi connectivity index (χ4v) is 2.95. The number of carboxylic acid groups (broad SMARTS) is 1. The van der Waals surface area contributed by atoms with Gasteiger partial charge in [0, 0.05) is 13.1 Å². The number of halogens is 1. The maximum atomic E-state index is 13.3. The van der Waals surface area contributed by atoms with E-state index in [1.165, 1.54) is 50.5 Å². The highest BCUT2D eigenvalue weighted by atomic mass is 19.1. The van der Waals surface area contributed by atoms with Crippen LogP contribution in [-0.4, -0.2) is 30.3 Å². The first-order valence-corrected chi connectivity index (χ1v) is 9.74. The topological polar surface area (TPSA) is 49.3 Å². The van der Waals surface area contributed by atoms with Crippen LogP contribution in [0.1, 0.15) is 71.1 Å². The van der Waals surface area contributed by atoms with Crippen molar-refractivity contribution in [2.75, 3.05) is 13.1 Å². The van der Waals surface area contributed by atoms with Gasteiger partial charge in [0.25, 0.3) is 0 Å². The van der Waals surface area contributed by atoms with E-state index < -0.39 is 18.6 Å². The van der Waals surface area contributed by atoms with E-state index in [1.54, 1.807) is 0 Å². The van der Waals surface area contributed by atoms with Gasteiger partial charge in [-0.25, -0.2) is 4.39 Å². The molecule has 1 rings (SSSR count). The summed E-state index contributed by atoms with van der Waals surface area (Å²) >= 11 is 0. The van der Waals surface area contributed by atoms with E-state index in [1.807, 2.05) is 0 Å². The molecular weight excluding hydrogens is 317 g/mol. The molecule has 3 nitrogen and oxygen atoms in total. The Morgan fingerprint density at radius 1 is 1.12 bits per heavy atom. The van der Waals surface area contributed by atoms with E-state index in [2.05, 4.69) is 36.5 Å². The van der Waals surface area contributed by atoms with Crippen LogP contribution in [0.3, 0.4) is 0 Å². The average molecular weight is 352 g/mol. The number of alkyl halides is 1. The Bertz CT molecular complexity index is 469. The quantitative estimate of drug-likeness (QED) is 0.415. The summed E-state index contributed by atoms with van der Waals surface area (Å²) in [5.41, 5.74) is 2.52. The molecule has 4 heteroatoms. The molecule has 2 N–H and O–H groups in total. The largest absolute Gasteiger partial charge is 0.481 e. The van der Waals surface area contributed by atoms with Crippen LogP contribution >= 0.6 is 0 Å². The van der Waals surface area contributed by atoms with Crippen LogP contribution in [0.25, 0.3) is 0 Å². The first kappa shape index (κ1) is 21.6. The van der Waals surface area contributed by atoms with Gasteiger partial charge in [0.2, 0.25) is 0 Å². The first-order chi connectivity index (χ1) is 12.1. The molecular formula is C21H34FNO2. The average Bonchev–Trinajstić information content (AvgIpc) is 2.79. The highest BCUT2D eigenvalue weighted by Crippen LogP contribution is 2.17. The van der Waals surface area contributed by atoms with Crippen LogP contribution < -0.4 is 5.32 Å². The molecule has 0 fully saturated rings. The van der Waals surface area contributed by atoms with E-state index in [0.29, 0.717) is 6.54 Å². The number of hydrogen-bond donors (Lipinski definition) is 2. The molecule has 0 radical (unpaired) electrons. The molecule has 0 saturated heterocycles. The zero-order chi connectivity index (χ0) is 18.3. The van der Waals surface area contributed by atoms with E-state index in [-0.39, 0.29) is 6.54 Å². The Hall–Kier alpha value is -1.42. The second-order valence-electron chi connectivity index (χ2n) is 6.82. The van der Waals surface area contributed by atoms with Gasteiger partial charge in [-0.2, -0.15) is 0 Å². The molecule has 0 aromatic rings.